The van der Waals surface area contributed by atoms with Crippen LogP contribution in [-0.2, 0) is 0 Å². The Kier molecular flexibility index (Phi) is 8.44. The maximum Gasteiger partial charge on any atom is 0.203 e. The van der Waals surface area contributed by atoms with Gasteiger partial charge in [-0.15, -0.1) is 0 Å². The molecule has 34 heavy (non-hydrogen) atoms. The average molecular weight is 481 g/mol. The third-order valence-electron chi connectivity index (χ3n) is 4.99. The van der Waals surface area contributed by atoms with E-state index in [0.29, 0.717) is 51.1 Å². The second kappa shape index (κ2) is 11.5. The van der Waals surface area contributed by atoms with Gasteiger partial charge >= 0.3 is 0 Å². The van der Waals surface area contributed by atoms with Crippen LogP contribution in [0.4, 0.5) is 11.5 Å². The van der Waals surface area contributed by atoms with Crippen molar-refractivity contribution in [3.8, 4) is 40.3 Å². The first-order valence-electron chi connectivity index (χ1n) is 10.7. The zero-order valence-electron chi connectivity index (χ0n) is 19.9. The van der Waals surface area contributed by atoms with Crippen LogP contribution in [0.3, 0.4) is 0 Å². The number of benzene rings is 2. The number of nitrogens with zero attached hydrogens (tertiary/aromatic N) is 3. The van der Waals surface area contributed by atoms with Crippen molar-refractivity contribution >= 4 is 23.3 Å². The minimum atomic E-state index is 0.150. The number of phenols is 1. The van der Waals surface area contributed by atoms with E-state index in [-0.39, 0.29) is 11.3 Å². The molecule has 0 bridgehead atoms. The number of rotatable bonds is 10. The number of hydrogen-bond acceptors (Lipinski definition) is 9. The molecular weight excluding hydrogens is 452 g/mol. The molecule has 0 amide bonds. The molecule has 178 valence electrons. The summed E-state index contributed by atoms with van der Waals surface area (Å²) in [4.78, 5) is 9.36. The van der Waals surface area contributed by atoms with Gasteiger partial charge in [0.15, 0.2) is 22.5 Å². The van der Waals surface area contributed by atoms with E-state index >= 15 is 0 Å². The molecule has 3 rings (SSSR count). The number of nitriles is 1. The Morgan fingerprint density at radius 3 is 2.21 bits per heavy atom. The zero-order chi connectivity index (χ0) is 24.7. The summed E-state index contributed by atoms with van der Waals surface area (Å²) >= 11 is 1.53. The Bertz CT molecular complexity index is 1150. The predicted molar refractivity (Wildman–Crippen MR) is 133 cm³/mol. The van der Waals surface area contributed by atoms with Gasteiger partial charge in [-0.2, -0.15) is 5.26 Å². The topological polar surface area (TPSA) is 110 Å². The number of aromatic nitrogens is 2. The molecule has 8 nitrogen and oxygen atoms in total. The normalized spacial score (nSPS) is 10.6. The van der Waals surface area contributed by atoms with Gasteiger partial charge in [0, 0.05) is 17.0 Å². The molecule has 1 heterocycles. The van der Waals surface area contributed by atoms with Crippen molar-refractivity contribution in [2.24, 2.45) is 5.92 Å². The first-order chi connectivity index (χ1) is 16.4. The van der Waals surface area contributed by atoms with Crippen molar-refractivity contribution in [3.05, 3.63) is 42.0 Å². The SMILES string of the molecule is COc1cc(-c2nc(SCCC(C)C)nc(Nc3ccc(O)cc3)c2C#N)cc(OC)c1OC. The van der Waals surface area contributed by atoms with E-state index in [4.69, 9.17) is 19.2 Å². The van der Waals surface area contributed by atoms with E-state index in [9.17, 15) is 10.4 Å². The Labute approximate surface area is 203 Å². The lowest BCUT2D eigenvalue weighted by Crippen LogP contribution is -2.05. The highest BCUT2D eigenvalue weighted by Gasteiger charge is 2.21. The van der Waals surface area contributed by atoms with E-state index in [0.717, 1.165) is 12.2 Å². The number of aromatic hydroxyl groups is 1. The van der Waals surface area contributed by atoms with Crippen LogP contribution in [0.25, 0.3) is 11.3 Å². The maximum absolute atomic E-state index is 10.1. The Morgan fingerprint density at radius 1 is 1.03 bits per heavy atom. The summed E-state index contributed by atoms with van der Waals surface area (Å²) in [5, 5.41) is 23.4. The monoisotopic (exact) mass is 480 g/mol. The molecule has 0 saturated carbocycles. The van der Waals surface area contributed by atoms with Gasteiger partial charge in [0.25, 0.3) is 0 Å². The third-order valence-corrected chi connectivity index (χ3v) is 5.88. The van der Waals surface area contributed by atoms with E-state index in [1.807, 2.05) is 0 Å². The van der Waals surface area contributed by atoms with Crippen LogP contribution in [0, 0.1) is 17.2 Å². The molecular formula is C25H28N4O4S. The summed E-state index contributed by atoms with van der Waals surface area (Å²) in [6.45, 7) is 4.33. The molecule has 2 N–H and O–H groups in total. The highest BCUT2D eigenvalue weighted by Crippen LogP contribution is 2.42. The van der Waals surface area contributed by atoms with Gasteiger partial charge in [0.05, 0.1) is 27.0 Å². The van der Waals surface area contributed by atoms with E-state index < -0.39 is 0 Å². The molecule has 2 aromatic carbocycles. The largest absolute Gasteiger partial charge is 0.508 e. The van der Waals surface area contributed by atoms with E-state index in [2.05, 4.69) is 30.2 Å². The van der Waals surface area contributed by atoms with Crippen LogP contribution in [0.1, 0.15) is 25.8 Å². The van der Waals surface area contributed by atoms with Crippen LogP contribution in [0.2, 0.25) is 0 Å². The summed E-state index contributed by atoms with van der Waals surface area (Å²) in [5.74, 6) is 3.29. The van der Waals surface area contributed by atoms with Crippen molar-refractivity contribution in [2.45, 2.75) is 25.4 Å². The van der Waals surface area contributed by atoms with Gasteiger partial charge in [0.1, 0.15) is 17.4 Å². The molecule has 0 spiro atoms. The van der Waals surface area contributed by atoms with Gasteiger partial charge in [-0.05, 0) is 48.7 Å². The van der Waals surface area contributed by atoms with E-state index in [1.54, 1.807) is 36.4 Å². The van der Waals surface area contributed by atoms with Crippen molar-refractivity contribution in [3.63, 3.8) is 0 Å². The number of methoxy groups -OCH3 is 3. The van der Waals surface area contributed by atoms with Gasteiger partial charge in [0.2, 0.25) is 5.75 Å². The first-order valence-corrected chi connectivity index (χ1v) is 11.7. The van der Waals surface area contributed by atoms with Crippen LogP contribution in [0.15, 0.2) is 41.6 Å². The third kappa shape index (κ3) is 5.83. The van der Waals surface area contributed by atoms with Crippen molar-refractivity contribution in [1.82, 2.24) is 9.97 Å². The summed E-state index contributed by atoms with van der Waals surface area (Å²) in [6, 6.07) is 12.3. The lowest BCUT2D eigenvalue weighted by molar-refractivity contribution is 0.324. The summed E-state index contributed by atoms with van der Waals surface area (Å²) in [7, 11) is 4.61. The zero-order valence-corrected chi connectivity index (χ0v) is 20.7. The lowest BCUT2D eigenvalue weighted by Gasteiger charge is -2.16. The smallest absolute Gasteiger partial charge is 0.203 e. The fourth-order valence-corrected chi connectivity index (χ4v) is 4.28. The number of nitrogens with one attached hydrogen (secondary N) is 1. The predicted octanol–water partition coefficient (Wildman–Crippen LogP) is 5.63. The second-order valence-corrected chi connectivity index (χ2v) is 8.87. The minimum Gasteiger partial charge on any atom is -0.508 e. The molecule has 0 fully saturated rings. The molecule has 1 aromatic heterocycles. The summed E-state index contributed by atoms with van der Waals surface area (Å²) in [5.41, 5.74) is 2.04. The fourth-order valence-electron chi connectivity index (χ4n) is 3.20. The number of hydrogen-bond donors (Lipinski definition) is 2. The average Bonchev–Trinajstić information content (AvgIpc) is 2.83. The van der Waals surface area contributed by atoms with Gasteiger partial charge < -0.3 is 24.6 Å². The Hall–Kier alpha value is -3.64. The molecule has 0 aliphatic heterocycles. The number of phenolic OH excluding ortho intramolecular Hbond substituents is 1. The van der Waals surface area contributed by atoms with Crippen molar-refractivity contribution in [2.75, 3.05) is 32.4 Å². The molecule has 9 heteroatoms. The number of thioether (sulfide) groups is 1. The second-order valence-electron chi connectivity index (χ2n) is 7.81. The summed E-state index contributed by atoms with van der Waals surface area (Å²) < 4.78 is 16.4. The molecule has 3 aromatic rings. The number of ether oxygens (including phenoxy) is 3. The Morgan fingerprint density at radius 2 is 1.68 bits per heavy atom. The first kappa shape index (κ1) is 25.0. The quantitative estimate of drug-likeness (QED) is 0.217. The molecule has 0 unspecified atom stereocenters. The molecule has 0 atom stereocenters. The molecule has 0 saturated heterocycles. The van der Waals surface area contributed by atoms with Crippen LogP contribution in [0.5, 0.6) is 23.0 Å². The minimum absolute atomic E-state index is 0.150. The van der Waals surface area contributed by atoms with Gasteiger partial charge in [-0.3, -0.25) is 0 Å². The lowest BCUT2D eigenvalue weighted by atomic mass is 10.1. The van der Waals surface area contributed by atoms with E-state index in [1.165, 1.54) is 33.1 Å². The van der Waals surface area contributed by atoms with Crippen LogP contribution < -0.4 is 19.5 Å². The number of anilines is 2. The highest BCUT2D eigenvalue weighted by molar-refractivity contribution is 7.99. The van der Waals surface area contributed by atoms with Gasteiger partial charge in [-0.25, -0.2) is 9.97 Å². The Balaban J connectivity index is 2.16. The van der Waals surface area contributed by atoms with Gasteiger partial charge in [-0.1, -0.05) is 25.6 Å². The van der Waals surface area contributed by atoms with Crippen molar-refractivity contribution < 1.29 is 19.3 Å². The van der Waals surface area contributed by atoms with Crippen LogP contribution in [-0.4, -0.2) is 42.2 Å². The standard InChI is InChI=1S/C25H28N4O4S/c1-15(2)10-11-34-25-28-22(16-12-20(31-3)23(33-5)21(13-16)32-4)19(14-26)24(29-25)27-17-6-8-18(30)9-7-17/h6-9,12-13,15,30H,10-11H2,1-5H3,(H,27,28,29). The highest BCUT2D eigenvalue weighted by atomic mass is 32.2. The molecule has 0 aliphatic rings. The maximum atomic E-state index is 10.1. The van der Waals surface area contributed by atoms with Crippen LogP contribution >= 0.6 is 11.8 Å². The molecule has 0 radical (unpaired) electrons. The summed E-state index contributed by atoms with van der Waals surface area (Å²) in [6.07, 6.45) is 1.01. The van der Waals surface area contributed by atoms with Crippen molar-refractivity contribution in [1.29, 1.82) is 5.26 Å². The molecule has 0 aliphatic carbocycles. The fraction of sp³-hybridized carbons (Fsp3) is 0.320.